The second-order valence-corrected chi connectivity index (χ2v) is 6.17. The summed E-state index contributed by atoms with van der Waals surface area (Å²) in [5.41, 5.74) is 4.96. The summed E-state index contributed by atoms with van der Waals surface area (Å²) < 4.78 is 5.09. The molecule has 2 N–H and O–H groups in total. The van der Waals surface area contributed by atoms with Crippen molar-refractivity contribution in [3.05, 3.63) is 51.8 Å². The van der Waals surface area contributed by atoms with E-state index in [-0.39, 0.29) is 16.5 Å². The van der Waals surface area contributed by atoms with Crippen LogP contribution in [0.15, 0.2) is 24.3 Å². The first-order chi connectivity index (χ1) is 11.9. The van der Waals surface area contributed by atoms with Crippen LogP contribution in [0.4, 0.5) is 0 Å². The Morgan fingerprint density at radius 1 is 1.28 bits per heavy atom. The summed E-state index contributed by atoms with van der Waals surface area (Å²) in [5.74, 6) is 0.590. The third-order valence-electron chi connectivity index (χ3n) is 4.05. The predicted molar refractivity (Wildman–Crippen MR) is 98.7 cm³/mol. The number of hydrogen-bond donors (Lipinski definition) is 2. The van der Waals surface area contributed by atoms with E-state index in [1.165, 1.54) is 7.11 Å². The molecule has 6 heteroatoms. The Labute approximate surface area is 150 Å². The summed E-state index contributed by atoms with van der Waals surface area (Å²) in [6, 6.07) is 9.32. The Hall–Kier alpha value is -2.97. The molecular formula is C19H16ClN3O2. The van der Waals surface area contributed by atoms with Crippen molar-refractivity contribution in [2.45, 2.75) is 13.8 Å². The average Bonchev–Trinajstić information content (AvgIpc) is 2.98. The van der Waals surface area contributed by atoms with E-state index in [2.05, 4.69) is 16.0 Å². The minimum atomic E-state index is -0.130. The summed E-state index contributed by atoms with van der Waals surface area (Å²) >= 11 is 6.00. The molecule has 1 heterocycles. The SMILES string of the molecule is COc1cc(/C=C(\C#N)c2nc3cc(C)c(C)cc3[nH]2)cc(Cl)c1O. The van der Waals surface area contributed by atoms with E-state index in [4.69, 9.17) is 16.3 Å². The summed E-state index contributed by atoms with van der Waals surface area (Å²) in [6.07, 6.45) is 1.64. The van der Waals surface area contributed by atoms with E-state index in [0.29, 0.717) is 17.0 Å². The van der Waals surface area contributed by atoms with Gasteiger partial charge in [0.25, 0.3) is 0 Å². The Morgan fingerprint density at radius 3 is 2.68 bits per heavy atom. The van der Waals surface area contributed by atoms with Crippen molar-refractivity contribution in [2.24, 2.45) is 0 Å². The Kier molecular flexibility index (Phi) is 4.39. The normalized spacial score (nSPS) is 11.6. The number of phenols is 1. The number of halogens is 1. The van der Waals surface area contributed by atoms with Gasteiger partial charge in [0.1, 0.15) is 11.9 Å². The molecule has 3 rings (SSSR count). The molecule has 0 unspecified atom stereocenters. The van der Waals surface area contributed by atoms with Gasteiger partial charge in [-0.3, -0.25) is 0 Å². The standard InChI is InChI=1S/C19H16ClN3O2/c1-10-4-15-16(5-11(10)2)23-19(22-15)13(9-21)6-12-7-14(20)18(24)17(8-12)25-3/h4-8,24H,1-3H3,(H,22,23)/b13-6+. The van der Waals surface area contributed by atoms with Gasteiger partial charge in [-0.2, -0.15) is 5.26 Å². The first kappa shape index (κ1) is 16.9. The minimum absolute atomic E-state index is 0.130. The zero-order valence-electron chi connectivity index (χ0n) is 14.0. The number of methoxy groups -OCH3 is 1. The van der Waals surface area contributed by atoms with Crippen molar-refractivity contribution in [1.29, 1.82) is 5.26 Å². The highest BCUT2D eigenvalue weighted by atomic mass is 35.5. The number of allylic oxidation sites excluding steroid dienone is 1. The number of fused-ring (bicyclic) bond motifs is 1. The molecule has 0 aliphatic heterocycles. The third kappa shape index (κ3) is 3.17. The molecule has 0 radical (unpaired) electrons. The summed E-state index contributed by atoms with van der Waals surface area (Å²) in [4.78, 5) is 7.68. The molecule has 3 aromatic rings. The molecule has 1 aromatic heterocycles. The molecule has 0 aliphatic rings. The molecule has 0 bridgehead atoms. The van der Waals surface area contributed by atoms with Crippen LogP contribution in [0.3, 0.4) is 0 Å². The van der Waals surface area contributed by atoms with Crippen molar-refractivity contribution >= 4 is 34.3 Å². The molecular weight excluding hydrogens is 338 g/mol. The number of ether oxygens (including phenoxy) is 1. The van der Waals surface area contributed by atoms with Crippen molar-refractivity contribution < 1.29 is 9.84 Å². The summed E-state index contributed by atoms with van der Waals surface area (Å²) in [7, 11) is 1.44. The van der Waals surface area contributed by atoms with Crippen LogP contribution in [0.5, 0.6) is 11.5 Å². The molecule has 0 fully saturated rings. The van der Waals surface area contributed by atoms with Crippen LogP contribution in [0.25, 0.3) is 22.7 Å². The van der Waals surface area contributed by atoms with Gasteiger partial charge in [-0.05, 0) is 60.9 Å². The maximum absolute atomic E-state index is 9.82. The molecule has 0 saturated heterocycles. The summed E-state index contributed by atoms with van der Waals surface area (Å²) in [6.45, 7) is 4.05. The number of H-pyrrole nitrogens is 1. The fraction of sp³-hybridized carbons (Fsp3) is 0.158. The third-order valence-corrected chi connectivity index (χ3v) is 4.34. The lowest BCUT2D eigenvalue weighted by Gasteiger charge is -2.06. The van der Waals surface area contributed by atoms with Crippen molar-refractivity contribution in [3.63, 3.8) is 0 Å². The second-order valence-electron chi connectivity index (χ2n) is 5.76. The number of nitrogens with zero attached hydrogens (tertiary/aromatic N) is 2. The van der Waals surface area contributed by atoms with Crippen LogP contribution in [0.1, 0.15) is 22.5 Å². The van der Waals surface area contributed by atoms with Gasteiger partial charge >= 0.3 is 0 Å². The maximum atomic E-state index is 9.82. The van der Waals surface area contributed by atoms with Gasteiger partial charge in [-0.25, -0.2) is 4.98 Å². The molecule has 126 valence electrons. The van der Waals surface area contributed by atoms with Crippen LogP contribution in [0, 0.1) is 25.2 Å². The lowest BCUT2D eigenvalue weighted by Crippen LogP contribution is -1.88. The minimum Gasteiger partial charge on any atom is -0.503 e. The lowest BCUT2D eigenvalue weighted by atomic mass is 10.1. The number of phenolic OH excluding ortho intramolecular Hbond substituents is 1. The van der Waals surface area contributed by atoms with Crippen molar-refractivity contribution in [3.8, 4) is 17.6 Å². The average molecular weight is 354 g/mol. The van der Waals surface area contributed by atoms with Gasteiger partial charge in [-0.1, -0.05) is 11.6 Å². The van der Waals surface area contributed by atoms with E-state index in [1.54, 1.807) is 18.2 Å². The number of aromatic amines is 1. The van der Waals surface area contributed by atoms with Gasteiger partial charge in [0.15, 0.2) is 11.5 Å². The highest BCUT2D eigenvalue weighted by molar-refractivity contribution is 6.32. The number of rotatable bonds is 3. The monoisotopic (exact) mass is 353 g/mol. The van der Waals surface area contributed by atoms with Gasteiger partial charge in [0.05, 0.1) is 28.7 Å². The number of hydrogen-bond acceptors (Lipinski definition) is 4. The van der Waals surface area contributed by atoms with Gasteiger partial charge < -0.3 is 14.8 Å². The number of nitrogens with one attached hydrogen (secondary N) is 1. The zero-order chi connectivity index (χ0) is 18.1. The first-order valence-corrected chi connectivity index (χ1v) is 7.96. The summed E-state index contributed by atoms with van der Waals surface area (Å²) in [5, 5.41) is 19.5. The highest BCUT2D eigenvalue weighted by Gasteiger charge is 2.12. The van der Waals surface area contributed by atoms with Crippen molar-refractivity contribution in [1.82, 2.24) is 9.97 Å². The number of aromatic hydroxyl groups is 1. The quantitative estimate of drug-likeness (QED) is 0.673. The van der Waals surface area contributed by atoms with E-state index in [9.17, 15) is 10.4 Å². The molecule has 0 aliphatic carbocycles. The van der Waals surface area contributed by atoms with Crippen LogP contribution in [-0.4, -0.2) is 22.2 Å². The van der Waals surface area contributed by atoms with E-state index in [1.807, 2.05) is 26.0 Å². The highest BCUT2D eigenvalue weighted by Crippen LogP contribution is 2.36. The topological polar surface area (TPSA) is 81.9 Å². The molecule has 0 amide bonds. The van der Waals surface area contributed by atoms with Gasteiger partial charge in [0.2, 0.25) is 0 Å². The number of nitriles is 1. The van der Waals surface area contributed by atoms with E-state index >= 15 is 0 Å². The van der Waals surface area contributed by atoms with Gasteiger partial charge in [0, 0.05) is 0 Å². The molecule has 0 atom stereocenters. The molecule has 5 nitrogen and oxygen atoms in total. The number of imidazole rings is 1. The van der Waals surface area contributed by atoms with E-state index in [0.717, 1.165) is 22.2 Å². The number of aryl methyl sites for hydroxylation is 2. The van der Waals surface area contributed by atoms with Gasteiger partial charge in [-0.15, -0.1) is 0 Å². The van der Waals surface area contributed by atoms with Crippen LogP contribution in [0.2, 0.25) is 5.02 Å². The number of aromatic nitrogens is 2. The maximum Gasteiger partial charge on any atom is 0.176 e. The largest absolute Gasteiger partial charge is 0.503 e. The predicted octanol–water partition coefficient (Wildman–Crippen LogP) is 4.61. The van der Waals surface area contributed by atoms with Crippen LogP contribution < -0.4 is 4.74 Å². The van der Waals surface area contributed by atoms with Crippen molar-refractivity contribution in [2.75, 3.05) is 7.11 Å². The molecule has 0 spiro atoms. The van der Waals surface area contributed by atoms with Crippen LogP contribution >= 0.6 is 11.6 Å². The first-order valence-electron chi connectivity index (χ1n) is 7.58. The second kappa shape index (κ2) is 6.50. The molecule has 2 aromatic carbocycles. The Balaban J connectivity index is 2.10. The number of benzene rings is 2. The fourth-order valence-corrected chi connectivity index (χ4v) is 2.77. The smallest absolute Gasteiger partial charge is 0.176 e. The zero-order valence-corrected chi connectivity index (χ0v) is 14.8. The van der Waals surface area contributed by atoms with E-state index < -0.39 is 0 Å². The Morgan fingerprint density at radius 2 is 2.00 bits per heavy atom. The Bertz CT molecular complexity index is 1010. The lowest BCUT2D eigenvalue weighted by molar-refractivity contribution is 0.373. The fourth-order valence-electron chi connectivity index (χ4n) is 2.55. The van der Waals surface area contributed by atoms with Crippen LogP contribution in [-0.2, 0) is 0 Å². The molecule has 0 saturated carbocycles. The molecule has 25 heavy (non-hydrogen) atoms.